The van der Waals surface area contributed by atoms with Crippen LogP contribution in [0, 0.1) is 22.7 Å². The summed E-state index contributed by atoms with van der Waals surface area (Å²) in [5, 5.41) is 23.6. The van der Waals surface area contributed by atoms with E-state index >= 15 is 0 Å². The van der Waals surface area contributed by atoms with Gasteiger partial charge in [0.05, 0.1) is 24.2 Å². The molecule has 210 valence electrons. The molecule has 0 bridgehead atoms. The Morgan fingerprint density at radius 3 is 1.32 bits per heavy atom. The van der Waals surface area contributed by atoms with E-state index in [9.17, 15) is 10.5 Å². The van der Waals surface area contributed by atoms with Crippen molar-refractivity contribution in [3.8, 4) is 46.2 Å². The summed E-state index contributed by atoms with van der Waals surface area (Å²) in [7, 11) is 0. The molecule has 0 aliphatic carbocycles. The van der Waals surface area contributed by atoms with Gasteiger partial charge in [0.25, 0.3) is 0 Å². The largest absolute Gasteiger partial charge is 0.477 e. The summed E-state index contributed by atoms with van der Waals surface area (Å²) >= 11 is 0. The molecule has 0 spiro atoms. The molecule has 7 aromatic rings. The van der Waals surface area contributed by atoms with Gasteiger partial charge < -0.3 is 9.47 Å². The van der Waals surface area contributed by atoms with Crippen molar-refractivity contribution >= 4 is 43.9 Å². The van der Waals surface area contributed by atoms with Gasteiger partial charge in [0.2, 0.25) is 11.8 Å². The zero-order valence-electron chi connectivity index (χ0n) is 24.0. The first-order valence-electron chi connectivity index (χ1n) is 14.3. The topological polar surface area (TPSA) is 118 Å². The highest BCUT2D eigenvalue weighted by atomic mass is 16.5. The molecule has 0 aliphatic heterocycles. The van der Waals surface area contributed by atoms with E-state index in [0.29, 0.717) is 57.8 Å². The van der Waals surface area contributed by atoms with Crippen molar-refractivity contribution in [2.75, 3.05) is 13.2 Å². The molecule has 7 rings (SSSR count). The average molecular weight is 573 g/mol. The highest BCUT2D eigenvalue weighted by molar-refractivity contribution is 6.14. The number of hydrogen-bond donors (Lipinski definition) is 0. The Morgan fingerprint density at radius 1 is 0.545 bits per heavy atom. The van der Waals surface area contributed by atoms with Crippen LogP contribution in [0.3, 0.4) is 0 Å². The van der Waals surface area contributed by atoms with Gasteiger partial charge in [0.15, 0.2) is 11.3 Å². The predicted octanol–water partition coefficient (Wildman–Crippen LogP) is 7.75. The minimum Gasteiger partial charge on any atom is -0.477 e. The van der Waals surface area contributed by atoms with E-state index in [4.69, 9.17) is 19.4 Å². The smallest absolute Gasteiger partial charge is 0.234 e. The first kappa shape index (κ1) is 26.8. The maximum absolute atomic E-state index is 10.3. The summed E-state index contributed by atoms with van der Waals surface area (Å²) in [6, 6.07) is 32.0. The van der Waals surface area contributed by atoms with Gasteiger partial charge in [-0.3, -0.25) is 0 Å². The monoisotopic (exact) mass is 572 g/mol. The average Bonchev–Trinajstić information content (AvgIpc) is 3.06. The third-order valence-electron chi connectivity index (χ3n) is 7.54. The van der Waals surface area contributed by atoms with Crippen LogP contribution in [0.5, 0.6) is 11.8 Å². The third kappa shape index (κ3) is 4.29. The number of nitrogens with zero attached hydrogens (tertiary/aromatic N) is 6. The van der Waals surface area contributed by atoms with E-state index < -0.39 is 0 Å². The number of benzene rings is 3. The first-order valence-corrected chi connectivity index (χ1v) is 14.3. The van der Waals surface area contributed by atoms with Gasteiger partial charge in [-0.2, -0.15) is 20.5 Å². The van der Waals surface area contributed by atoms with Crippen LogP contribution in [0.4, 0.5) is 0 Å². The molecule has 4 heterocycles. The van der Waals surface area contributed by atoms with Crippen LogP contribution in [0.15, 0.2) is 84.9 Å². The first-order chi connectivity index (χ1) is 21.6. The molecule has 3 aromatic carbocycles. The molecule has 0 N–H and O–H groups in total. The van der Waals surface area contributed by atoms with E-state index in [1.165, 1.54) is 0 Å². The molecule has 8 nitrogen and oxygen atoms in total. The van der Waals surface area contributed by atoms with E-state index in [1.807, 2.05) is 98.8 Å². The lowest BCUT2D eigenvalue weighted by Crippen LogP contribution is -2.03. The van der Waals surface area contributed by atoms with Crippen molar-refractivity contribution in [3.63, 3.8) is 0 Å². The summed E-state index contributed by atoms with van der Waals surface area (Å²) in [5.74, 6) is 0.517. The maximum atomic E-state index is 10.3. The molecule has 0 unspecified atom stereocenters. The standard InChI is InChI=1S/C36H24N6O2/c1-3-43-35-27(19-37)31(21-11-7-5-8-12-21)25-17-23-24-18-26-32(22-13-9-6-10-14-22)28(20-38)36(44-4-2)42-34(26)40-30(24)16-15-29(23)39-33(25)41-35/h5-18H,3-4H2,1-2H3. The molecular weight excluding hydrogens is 548 g/mol. The summed E-state index contributed by atoms with van der Waals surface area (Å²) in [6.45, 7) is 4.46. The molecule has 4 aromatic heterocycles. The molecule has 0 saturated heterocycles. The highest BCUT2D eigenvalue weighted by Gasteiger charge is 2.22. The molecule has 44 heavy (non-hydrogen) atoms. The van der Waals surface area contributed by atoms with Crippen LogP contribution in [0.1, 0.15) is 25.0 Å². The van der Waals surface area contributed by atoms with E-state index in [0.717, 1.165) is 32.7 Å². The fraction of sp³-hybridized carbons (Fsp3) is 0.111. The Bertz CT molecular complexity index is 2160. The second-order valence-corrected chi connectivity index (χ2v) is 10.1. The molecule has 0 saturated carbocycles. The number of hydrogen-bond acceptors (Lipinski definition) is 8. The fourth-order valence-corrected chi connectivity index (χ4v) is 5.70. The number of rotatable bonds is 6. The summed E-state index contributed by atoms with van der Waals surface area (Å²) in [4.78, 5) is 19.2. The molecule has 0 amide bonds. The van der Waals surface area contributed by atoms with Crippen LogP contribution < -0.4 is 9.47 Å². The van der Waals surface area contributed by atoms with Gasteiger partial charge in [0.1, 0.15) is 23.3 Å². The molecule has 0 aliphatic rings. The summed E-state index contributed by atoms with van der Waals surface area (Å²) in [5.41, 5.74) is 6.23. The number of pyridine rings is 4. The van der Waals surface area contributed by atoms with Crippen LogP contribution in [-0.2, 0) is 0 Å². The zero-order valence-corrected chi connectivity index (χ0v) is 24.0. The zero-order chi connectivity index (χ0) is 30.2. The Morgan fingerprint density at radius 2 is 0.955 bits per heavy atom. The molecule has 0 fully saturated rings. The van der Waals surface area contributed by atoms with E-state index in [-0.39, 0.29) is 11.8 Å². The van der Waals surface area contributed by atoms with Crippen molar-refractivity contribution in [1.82, 2.24) is 19.9 Å². The number of fused-ring (bicyclic) bond motifs is 5. The van der Waals surface area contributed by atoms with E-state index in [2.05, 4.69) is 22.1 Å². The lowest BCUT2D eigenvalue weighted by molar-refractivity contribution is 0.327. The predicted molar refractivity (Wildman–Crippen MR) is 170 cm³/mol. The van der Waals surface area contributed by atoms with Crippen LogP contribution in [-0.4, -0.2) is 33.1 Å². The molecule has 0 atom stereocenters. The summed E-state index contributed by atoms with van der Waals surface area (Å²) < 4.78 is 11.6. The van der Waals surface area contributed by atoms with Crippen molar-refractivity contribution in [2.24, 2.45) is 0 Å². The lowest BCUT2D eigenvalue weighted by atomic mass is 9.95. The van der Waals surface area contributed by atoms with Crippen molar-refractivity contribution in [2.45, 2.75) is 13.8 Å². The second kappa shape index (κ2) is 10.9. The number of aromatic nitrogens is 4. The Labute approximate surface area is 252 Å². The minimum absolute atomic E-state index is 0.259. The van der Waals surface area contributed by atoms with Crippen LogP contribution >= 0.6 is 0 Å². The van der Waals surface area contributed by atoms with Crippen LogP contribution in [0.2, 0.25) is 0 Å². The van der Waals surface area contributed by atoms with Gasteiger partial charge in [-0.25, -0.2) is 9.97 Å². The second-order valence-electron chi connectivity index (χ2n) is 10.1. The summed E-state index contributed by atoms with van der Waals surface area (Å²) in [6.07, 6.45) is 0. The van der Waals surface area contributed by atoms with Gasteiger partial charge in [-0.15, -0.1) is 0 Å². The van der Waals surface area contributed by atoms with Gasteiger partial charge in [0, 0.05) is 32.7 Å². The lowest BCUT2D eigenvalue weighted by Gasteiger charge is -2.15. The fourth-order valence-electron chi connectivity index (χ4n) is 5.70. The number of nitriles is 2. The Kier molecular flexibility index (Phi) is 6.65. The molecule has 8 heteroatoms. The normalized spacial score (nSPS) is 11.1. The minimum atomic E-state index is 0.259. The Hall–Kier alpha value is -6.12. The molecular formula is C36H24N6O2. The maximum Gasteiger partial charge on any atom is 0.234 e. The van der Waals surface area contributed by atoms with Crippen molar-refractivity contribution < 1.29 is 9.47 Å². The Balaban J connectivity index is 1.62. The van der Waals surface area contributed by atoms with Gasteiger partial charge >= 0.3 is 0 Å². The quantitative estimate of drug-likeness (QED) is 0.147. The molecule has 0 radical (unpaired) electrons. The van der Waals surface area contributed by atoms with E-state index in [1.54, 1.807) is 0 Å². The van der Waals surface area contributed by atoms with Crippen LogP contribution in [0.25, 0.3) is 66.1 Å². The van der Waals surface area contributed by atoms with Gasteiger partial charge in [-0.05, 0) is 49.2 Å². The highest BCUT2D eigenvalue weighted by Crippen LogP contribution is 2.40. The van der Waals surface area contributed by atoms with Gasteiger partial charge in [-0.1, -0.05) is 60.7 Å². The number of ether oxygens (including phenoxy) is 2. The van der Waals surface area contributed by atoms with Crippen molar-refractivity contribution in [1.29, 1.82) is 10.5 Å². The third-order valence-corrected chi connectivity index (χ3v) is 7.54. The van der Waals surface area contributed by atoms with Crippen molar-refractivity contribution in [3.05, 3.63) is 96.1 Å². The SMILES string of the molecule is CCOc1nc2nc3ccc4nc5nc(OCC)c(C#N)c(-c6ccccc6)c5cc4c3cc2c(-c2ccccc2)c1C#N.